The molecule has 3 rings (SSSR count). The predicted molar refractivity (Wildman–Crippen MR) is 114 cm³/mol. The number of benzene rings is 2. The van der Waals surface area contributed by atoms with E-state index in [1.165, 1.54) is 14.2 Å². The zero-order valence-corrected chi connectivity index (χ0v) is 17.1. The number of nitrogens with one attached hydrogen (secondary N) is 3. The van der Waals surface area contributed by atoms with Crippen molar-refractivity contribution in [1.82, 2.24) is 5.32 Å². The SMILES string of the molecule is COc1cccc(NC(=O)N[C@@H]2CCC[C@@H](OC(=O)Nc3ccccc3)C2)c1OC. The zero-order chi connectivity index (χ0) is 21.3. The van der Waals surface area contributed by atoms with Crippen molar-refractivity contribution in [2.45, 2.75) is 37.8 Å². The number of anilines is 2. The lowest BCUT2D eigenvalue weighted by molar-refractivity contribution is 0.0779. The van der Waals surface area contributed by atoms with Crippen LogP contribution in [0.25, 0.3) is 0 Å². The fourth-order valence-electron chi connectivity index (χ4n) is 3.53. The minimum Gasteiger partial charge on any atom is -0.493 e. The first-order valence-electron chi connectivity index (χ1n) is 9.90. The Morgan fingerprint density at radius 3 is 2.47 bits per heavy atom. The average molecular weight is 413 g/mol. The Labute approximate surface area is 175 Å². The fourth-order valence-corrected chi connectivity index (χ4v) is 3.53. The van der Waals surface area contributed by atoms with Crippen molar-refractivity contribution in [1.29, 1.82) is 0 Å². The number of carbonyl (C=O) groups is 2. The number of carbonyl (C=O) groups excluding carboxylic acids is 2. The Hall–Kier alpha value is -3.42. The standard InChI is InChI=1S/C22H27N3O5/c1-28-19-13-7-12-18(20(19)29-2)25-21(26)23-16-10-6-11-17(14-16)30-22(27)24-15-8-4-3-5-9-15/h3-5,7-9,12-13,16-17H,6,10-11,14H2,1-2H3,(H,24,27)(H2,23,25,26)/t16-,17-/m1/s1. The van der Waals surface area contributed by atoms with Crippen LogP contribution in [0.3, 0.4) is 0 Å². The van der Waals surface area contributed by atoms with Gasteiger partial charge in [0.15, 0.2) is 11.5 Å². The number of urea groups is 1. The van der Waals surface area contributed by atoms with E-state index < -0.39 is 6.09 Å². The number of rotatable bonds is 6. The Morgan fingerprint density at radius 2 is 1.73 bits per heavy atom. The third-order valence-corrected chi connectivity index (χ3v) is 4.91. The summed E-state index contributed by atoms with van der Waals surface area (Å²) >= 11 is 0. The maximum absolute atomic E-state index is 12.5. The maximum Gasteiger partial charge on any atom is 0.411 e. The van der Waals surface area contributed by atoms with E-state index in [4.69, 9.17) is 14.2 Å². The molecule has 0 bridgehead atoms. The van der Waals surface area contributed by atoms with E-state index in [0.29, 0.717) is 29.3 Å². The van der Waals surface area contributed by atoms with Crippen molar-refractivity contribution in [2.75, 3.05) is 24.9 Å². The molecule has 0 saturated heterocycles. The molecule has 1 aliphatic carbocycles. The summed E-state index contributed by atoms with van der Waals surface area (Å²) in [6, 6.07) is 14.0. The van der Waals surface area contributed by atoms with Gasteiger partial charge in [0.05, 0.1) is 19.9 Å². The molecule has 2 aromatic rings. The van der Waals surface area contributed by atoms with Gasteiger partial charge in [0.25, 0.3) is 0 Å². The first-order valence-corrected chi connectivity index (χ1v) is 9.90. The largest absolute Gasteiger partial charge is 0.493 e. The lowest BCUT2D eigenvalue weighted by atomic mass is 9.93. The molecule has 3 amide bonds. The monoisotopic (exact) mass is 413 g/mol. The van der Waals surface area contributed by atoms with Crippen LogP contribution in [-0.4, -0.2) is 38.5 Å². The summed E-state index contributed by atoms with van der Waals surface area (Å²) in [7, 11) is 3.06. The van der Waals surface area contributed by atoms with Crippen LogP contribution >= 0.6 is 0 Å². The van der Waals surface area contributed by atoms with E-state index in [0.717, 1.165) is 19.3 Å². The molecule has 8 nitrogen and oxygen atoms in total. The molecule has 0 spiro atoms. The molecule has 3 N–H and O–H groups in total. The number of para-hydroxylation sites is 2. The third-order valence-electron chi connectivity index (χ3n) is 4.91. The molecule has 8 heteroatoms. The molecule has 0 aromatic heterocycles. The second-order valence-corrected chi connectivity index (χ2v) is 7.02. The summed E-state index contributed by atoms with van der Waals surface area (Å²) < 4.78 is 16.1. The Kier molecular flexibility index (Phi) is 7.37. The van der Waals surface area contributed by atoms with Gasteiger partial charge < -0.3 is 24.8 Å². The van der Waals surface area contributed by atoms with Gasteiger partial charge in [-0.25, -0.2) is 9.59 Å². The van der Waals surface area contributed by atoms with Gasteiger partial charge in [-0.05, 0) is 43.5 Å². The van der Waals surface area contributed by atoms with Gasteiger partial charge in [0.2, 0.25) is 0 Å². The van der Waals surface area contributed by atoms with Gasteiger partial charge in [0, 0.05) is 18.2 Å². The van der Waals surface area contributed by atoms with Gasteiger partial charge in [-0.1, -0.05) is 24.3 Å². The molecule has 0 aliphatic heterocycles. The third kappa shape index (κ3) is 5.79. The average Bonchev–Trinajstić information content (AvgIpc) is 2.74. The van der Waals surface area contributed by atoms with E-state index in [-0.39, 0.29) is 18.2 Å². The first-order chi connectivity index (χ1) is 14.6. The van der Waals surface area contributed by atoms with E-state index in [1.807, 2.05) is 18.2 Å². The van der Waals surface area contributed by atoms with Gasteiger partial charge in [-0.2, -0.15) is 0 Å². The second kappa shape index (κ2) is 10.4. The summed E-state index contributed by atoms with van der Waals surface area (Å²) in [4.78, 5) is 24.6. The van der Waals surface area contributed by atoms with Gasteiger partial charge >= 0.3 is 12.1 Å². The maximum atomic E-state index is 12.5. The fraction of sp³-hybridized carbons (Fsp3) is 0.364. The van der Waals surface area contributed by atoms with E-state index in [9.17, 15) is 9.59 Å². The predicted octanol–water partition coefficient (Wildman–Crippen LogP) is 4.39. The van der Waals surface area contributed by atoms with Crippen LogP contribution in [0.4, 0.5) is 21.0 Å². The summed E-state index contributed by atoms with van der Waals surface area (Å²) in [6.45, 7) is 0. The van der Waals surface area contributed by atoms with Crippen molar-refractivity contribution in [3.63, 3.8) is 0 Å². The Morgan fingerprint density at radius 1 is 0.933 bits per heavy atom. The summed E-state index contributed by atoms with van der Waals surface area (Å²) in [5.41, 5.74) is 1.19. The highest BCUT2D eigenvalue weighted by Crippen LogP contribution is 2.34. The van der Waals surface area contributed by atoms with Crippen LogP contribution in [-0.2, 0) is 4.74 Å². The van der Waals surface area contributed by atoms with Gasteiger partial charge in [-0.3, -0.25) is 5.32 Å². The van der Waals surface area contributed by atoms with Crippen LogP contribution in [0, 0.1) is 0 Å². The molecule has 30 heavy (non-hydrogen) atoms. The molecule has 1 saturated carbocycles. The van der Waals surface area contributed by atoms with Crippen molar-refractivity contribution < 1.29 is 23.8 Å². The highest BCUT2D eigenvalue weighted by Gasteiger charge is 2.26. The summed E-state index contributed by atoms with van der Waals surface area (Å²) in [5.74, 6) is 0.989. The normalized spacial score (nSPS) is 18.1. The lowest BCUT2D eigenvalue weighted by Crippen LogP contribution is -2.43. The second-order valence-electron chi connectivity index (χ2n) is 7.02. The van der Waals surface area contributed by atoms with Crippen molar-refractivity contribution in [3.8, 4) is 11.5 Å². The number of ether oxygens (including phenoxy) is 3. The molecule has 0 heterocycles. The van der Waals surface area contributed by atoms with E-state index in [1.54, 1.807) is 30.3 Å². The van der Waals surface area contributed by atoms with Crippen molar-refractivity contribution in [2.24, 2.45) is 0 Å². The summed E-state index contributed by atoms with van der Waals surface area (Å²) in [5, 5.41) is 8.46. The van der Waals surface area contributed by atoms with E-state index in [2.05, 4.69) is 16.0 Å². The smallest absolute Gasteiger partial charge is 0.411 e. The minimum absolute atomic E-state index is 0.0927. The Bertz CT molecular complexity index is 859. The number of hydrogen-bond donors (Lipinski definition) is 3. The number of hydrogen-bond acceptors (Lipinski definition) is 5. The van der Waals surface area contributed by atoms with Crippen LogP contribution in [0.1, 0.15) is 25.7 Å². The molecule has 160 valence electrons. The highest BCUT2D eigenvalue weighted by molar-refractivity contribution is 5.91. The number of methoxy groups -OCH3 is 2. The van der Waals surface area contributed by atoms with Crippen molar-refractivity contribution >= 4 is 23.5 Å². The first kappa shape index (κ1) is 21.3. The molecule has 2 atom stereocenters. The van der Waals surface area contributed by atoms with E-state index >= 15 is 0 Å². The van der Waals surface area contributed by atoms with Gasteiger partial charge in [-0.15, -0.1) is 0 Å². The van der Waals surface area contributed by atoms with Crippen LogP contribution < -0.4 is 25.4 Å². The number of amides is 3. The molecule has 2 aromatic carbocycles. The van der Waals surface area contributed by atoms with Crippen LogP contribution in [0.5, 0.6) is 11.5 Å². The van der Waals surface area contributed by atoms with Crippen LogP contribution in [0.15, 0.2) is 48.5 Å². The van der Waals surface area contributed by atoms with Gasteiger partial charge in [0.1, 0.15) is 6.10 Å². The lowest BCUT2D eigenvalue weighted by Gasteiger charge is -2.29. The molecule has 0 unspecified atom stereocenters. The van der Waals surface area contributed by atoms with Crippen LogP contribution in [0.2, 0.25) is 0 Å². The highest BCUT2D eigenvalue weighted by atomic mass is 16.6. The quantitative estimate of drug-likeness (QED) is 0.653. The molecular formula is C22H27N3O5. The summed E-state index contributed by atoms with van der Waals surface area (Å²) in [6.07, 6.45) is 2.27. The molecule has 1 aliphatic rings. The van der Waals surface area contributed by atoms with Crippen molar-refractivity contribution in [3.05, 3.63) is 48.5 Å². The molecule has 1 fully saturated rings. The minimum atomic E-state index is -0.489. The topological polar surface area (TPSA) is 97.9 Å². The Balaban J connectivity index is 1.51. The zero-order valence-electron chi connectivity index (χ0n) is 17.1. The molecule has 0 radical (unpaired) electrons. The molecular weight excluding hydrogens is 386 g/mol.